The second-order valence-corrected chi connectivity index (χ2v) is 5.15. The lowest BCUT2D eigenvalue weighted by Crippen LogP contribution is -2.41. The molecule has 1 aliphatic carbocycles. The summed E-state index contributed by atoms with van der Waals surface area (Å²) < 4.78 is 27.7. The number of rotatable bonds is 0. The van der Waals surface area contributed by atoms with Crippen molar-refractivity contribution >= 4 is 21.8 Å². The summed E-state index contributed by atoms with van der Waals surface area (Å²) in [6.45, 7) is 0.188. The molecule has 1 fully saturated rings. The fraction of sp³-hybridized carbons (Fsp3) is 0.364. The predicted octanol–water partition coefficient (Wildman–Crippen LogP) is 2.31. The first kappa shape index (κ1) is 10.2. The quantitative estimate of drug-likeness (QED) is 0.780. The summed E-state index contributed by atoms with van der Waals surface area (Å²) in [4.78, 5) is 11.6. The second-order valence-electron chi connectivity index (χ2n) is 4.29. The summed E-state index contributed by atoms with van der Waals surface area (Å²) in [5.74, 6) is -0.835. The van der Waals surface area contributed by atoms with E-state index in [-0.39, 0.29) is 34.5 Å². The summed E-state index contributed by atoms with van der Waals surface area (Å²) in [5, 5.41) is 2.61. The molecule has 0 saturated heterocycles. The maximum absolute atomic E-state index is 14.0. The lowest BCUT2D eigenvalue weighted by molar-refractivity contribution is 0.0933. The number of hydrogen-bond acceptors (Lipinski definition) is 1. The van der Waals surface area contributed by atoms with Crippen LogP contribution in [-0.2, 0) is 5.41 Å². The molecule has 0 aromatic heterocycles. The number of nitrogens with one attached hydrogen (secondary N) is 1. The van der Waals surface area contributed by atoms with E-state index in [1.165, 1.54) is 12.1 Å². The van der Waals surface area contributed by atoms with Gasteiger partial charge in [-0.1, -0.05) is 0 Å². The van der Waals surface area contributed by atoms with E-state index in [4.69, 9.17) is 0 Å². The Labute approximate surface area is 99.2 Å². The molecule has 1 amide bonds. The Morgan fingerprint density at radius 2 is 2.19 bits per heavy atom. The lowest BCUT2D eigenvalue weighted by atomic mass is 9.87. The maximum Gasteiger partial charge on any atom is 0.251 e. The highest BCUT2D eigenvalue weighted by Gasteiger charge is 2.60. The molecule has 16 heavy (non-hydrogen) atoms. The molecule has 2 aliphatic rings. The van der Waals surface area contributed by atoms with Crippen LogP contribution in [0.25, 0.3) is 0 Å². The molecule has 0 bridgehead atoms. The van der Waals surface area contributed by atoms with Gasteiger partial charge in [-0.25, -0.2) is 8.78 Å². The Hall–Kier alpha value is -0.970. The van der Waals surface area contributed by atoms with Crippen LogP contribution >= 0.6 is 15.9 Å². The number of hydrogen-bond donors (Lipinski definition) is 1. The molecular formula is C11H8BrF2NO. The normalized spacial score (nSPS) is 31.2. The number of fused-ring (bicyclic) bond motifs is 2. The van der Waals surface area contributed by atoms with Gasteiger partial charge in [-0.2, -0.15) is 0 Å². The number of amides is 1. The van der Waals surface area contributed by atoms with Gasteiger partial charge in [-0.3, -0.25) is 4.79 Å². The van der Waals surface area contributed by atoms with Gasteiger partial charge in [0.05, 0.1) is 9.89 Å². The van der Waals surface area contributed by atoms with Crippen molar-refractivity contribution in [1.29, 1.82) is 0 Å². The number of alkyl halides is 1. The number of halogens is 3. The monoisotopic (exact) mass is 287 g/mol. The largest absolute Gasteiger partial charge is 0.351 e. The van der Waals surface area contributed by atoms with Crippen LogP contribution in [0, 0.1) is 5.82 Å². The van der Waals surface area contributed by atoms with Crippen molar-refractivity contribution in [1.82, 2.24) is 5.32 Å². The van der Waals surface area contributed by atoms with Gasteiger partial charge in [0.1, 0.15) is 12.0 Å². The van der Waals surface area contributed by atoms with Crippen molar-refractivity contribution < 1.29 is 13.6 Å². The summed E-state index contributed by atoms with van der Waals surface area (Å²) >= 11 is 3.06. The van der Waals surface area contributed by atoms with Crippen LogP contribution < -0.4 is 5.32 Å². The van der Waals surface area contributed by atoms with Crippen LogP contribution in [0.15, 0.2) is 16.6 Å². The molecule has 3 rings (SSSR count). The van der Waals surface area contributed by atoms with E-state index in [1.54, 1.807) is 0 Å². The number of carbonyl (C=O) groups is 1. The minimum absolute atomic E-state index is 0.188. The molecule has 1 spiro atoms. The average Bonchev–Trinajstić information content (AvgIpc) is 2.89. The fourth-order valence-corrected chi connectivity index (χ4v) is 2.68. The zero-order chi connectivity index (χ0) is 11.5. The van der Waals surface area contributed by atoms with Gasteiger partial charge in [0.25, 0.3) is 5.91 Å². The van der Waals surface area contributed by atoms with Crippen molar-refractivity contribution in [3.8, 4) is 0 Å². The highest BCUT2D eigenvalue weighted by atomic mass is 79.9. The van der Waals surface area contributed by atoms with E-state index < -0.39 is 17.4 Å². The van der Waals surface area contributed by atoms with E-state index in [1.807, 2.05) is 0 Å². The van der Waals surface area contributed by atoms with E-state index >= 15 is 0 Å². The molecule has 1 heterocycles. The van der Waals surface area contributed by atoms with Crippen molar-refractivity contribution in [3.63, 3.8) is 0 Å². The Bertz CT molecular complexity index is 505. The van der Waals surface area contributed by atoms with E-state index in [0.717, 1.165) is 0 Å². The van der Waals surface area contributed by atoms with Crippen LogP contribution in [0.3, 0.4) is 0 Å². The van der Waals surface area contributed by atoms with Gasteiger partial charge in [0.2, 0.25) is 0 Å². The molecule has 2 nitrogen and oxygen atoms in total. The molecule has 1 aromatic carbocycles. The number of benzene rings is 1. The zero-order valence-electron chi connectivity index (χ0n) is 8.19. The highest BCUT2D eigenvalue weighted by Crippen LogP contribution is 2.54. The van der Waals surface area contributed by atoms with Gasteiger partial charge in [-0.05, 0) is 34.5 Å². The lowest BCUT2D eigenvalue weighted by Gasteiger charge is -2.26. The zero-order valence-corrected chi connectivity index (χ0v) is 9.77. The molecule has 1 aromatic rings. The van der Waals surface area contributed by atoms with Gasteiger partial charge in [0, 0.05) is 17.7 Å². The molecule has 84 valence electrons. The SMILES string of the molecule is O=C1NC[C@@]2(C[C@@H]2F)c2c1ccc(Br)c2F. The molecule has 0 unspecified atom stereocenters. The van der Waals surface area contributed by atoms with Crippen LogP contribution in [0.2, 0.25) is 0 Å². The molecule has 1 aliphatic heterocycles. The van der Waals surface area contributed by atoms with Crippen LogP contribution in [-0.4, -0.2) is 18.6 Å². The minimum Gasteiger partial charge on any atom is -0.351 e. The molecule has 2 atom stereocenters. The van der Waals surface area contributed by atoms with Crippen molar-refractivity contribution in [2.24, 2.45) is 0 Å². The summed E-state index contributed by atoms with van der Waals surface area (Å²) in [6.07, 6.45) is -0.774. The third kappa shape index (κ3) is 1.12. The van der Waals surface area contributed by atoms with Crippen molar-refractivity contribution in [3.05, 3.63) is 33.5 Å². The standard InChI is InChI=1S/C11H8BrF2NO/c12-6-2-1-5-8(9(6)14)11(3-7(11)13)4-15-10(5)16/h1-2,7H,3-4H2,(H,15,16)/t7-,11+/m0/s1. The molecule has 1 N–H and O–H groups in total. The van der Waals surface area contributed by atoms with Gasteiger partial charge in [0.15, 0.2) is 0 Å². The Morgan fingerprint density at radius 1 is 1.50 bits per heavy atom. The second kappa shape index (κ2) is 3.03. The fourth-order valence-electron chi connectivity index (χ4n) is 2.35. The smallest absolute Gasteiger partial charge is 0.251 e. The average molecular weight is 288 g/mol. The van der Waals surface area contributed by atoms with E-state index in [0.29, 0.717) is 0 Å². The summed E-state index contributed by atoms with van der Waals surface area (Å²) in [6, 6.07) is 3.01. The first-order valence-corrected chi connectivity index (χ1v) is 5.76. The predicted molar refractivity (Wildman–Crippen MR) is 57.6 cm³/mol. The Balaban J connectivity index is 2.27. The topological polar surface area (TPSA) is 29.1 Å². The highest BCUT2D eigenvalue weighted by molar-refractivity contribution is 9.10. The van der Waals surface area contributed by atoms with Crippen LogP contribution in [0.4, 0.5) is 8.78 Å². The Morgan fingerprint density at radius 3 is 2.81 bits per heavy atom. The minimum atomic E-state index is -1.06. The van der Waals surface area contributed by atoms with Crippen LogP contribution in [0.5, 0.6) is 0 Å². The van der Waals surface area contributed by atoms with E-state index in [9.17, 15) is 13.6 Å². The maximum atomic E-state index is 14.0. The first-order valence-electron chi connectivity index (χ1n) is 4.97. The third-order valence-electron chi connectivity index (χ3n) is 3.38. The Kier molecular flexibility index (Phi) is 1.93. The van der Waals surface area contributed by atoms with Crippen molar-refractivity contribution in [2.75, 3.05) is 6.54 Å². The van der Waals surface area contributed by atoms with Gasteiger partial charge in [-0.15, -0.1) is 0 Å². The summed E-state index contributed by atoms with van der Waals surface area (Å²) in [7, 11) is 0. The van der Waals surface area contributed by atoms with E-state index in [2.05, 4.69) is 21.2 Å². The van der Waals surface area contributed by atoms with Gasteiger partial charge >= 0.3 is 0 Å². The van der Waals surface area contributed by atoms with Gasteiger partial charge < -0.3 is 5.32 Å². The molecule has 1 saturated carbocycles. The molecular weight excluding hydrogens is 280 g/mol. The van der Waals surface area contributed by atoms with Crippen LogP contribution in [0.1, 0.15) is 22.3 Å². The summed E-state index contributed by atoms with van der Waals surface area (Å²) in [5.41, 5.74) is -0.331. The number of carbonyl (C=O) groups excluding carboxylic acids is 1. The van der Waals surface area contributed by atoms with Crippen molar-refractivity contribution in [2.45, 2.75) is 18.0 Å². The first-order chi connectivity index (χ1) is 7.56. The molecule has 5 heteroatoms. The molecule has 0 radical (unpaired) electrons. The third-order valence-corrected chi connectivity index (χ3v) is 4.00.